The Labute approximate surface area is 298 Å². The van der Waals surface area contributed by atoms with E-state index in [9.17, 15) is 28.8 Å². The van der Waals surface area contributed by atoms with Gasteiger partial charge in [-0.2, -0.15) is 0 Å². The number of Topliss-reactive ketones (excluding diaryl/α,β-unsaturated/α-hetero) is 4. The molecule has 2 saturated carbocycles. The molecule has 3 aliphatic rings. The van der Waals surface area contributed by atoms with Gasteiger partial charge in [0, 0.05) is 50.0 Å². The molecule has 50 heavy (non-hydrogen) atoms. The highest BCUT2D eigenvalue weighted by atomic mass is 16.2. The third-order valence-electron chi connectivity index (χ3n) is 11.7. The first-order valence-electron chi connectivity index (χ1n) is 19.3. The monoisotopic (exact) mass is 692 g/mol. The topological polar surface area (TPSA) is 143 Å². The number of nitrogens with zero attached hydrogens (tertiary/aromatic N) is 3. The molecule has 2 amide bonds. The Morgan fingerprint density at radius 3 is 2.26 bits per heavy atom. The molecule has 2 aliphatic carbocycles. The van der Waals surface area contributed by atoms with Crippen molar-refractivity contribution in [3.63, 3.8) is 0 Å². The summed E-state index contributed by atoms with van der Waals surface area (Å²) in [5.74, 6) is -2.94. The standard InChI is InChI=1S/C40H60N4O6/c1-7-13-27(36(48)34(47)20-25(3)8-2)21-33(46)35-29-17-12-16-28(29)24-44(35)39(50)37(40(4,5)6)43-38(49)30(26-14-10-9-11-15-26)22-32(45)31-23-41-18-19-42-31/h18-19,23,25-30,35,37H,7-17,20-22,24H2,1-6H3,(H,43,49)/t25-,27?,28-,29-,30+,35-,37+/m0/s1. The maximum absolute atomic E-state index is 14.7. The van der Waals surface area contributed by atoms with E-state index in [0.29, 0.717) is 19.4 Å². The smallest absolute Gasteiger partial charge is 0.246 e. The summed E-state index contributed by atoms with van der Waals surface area (Å²) in [6.07, 6.45) is 13.9. The van der Waals surface area contributed by atoms with Gasteiger partial charge in [-0.25, -0.2) is 4.98 Å². The van der Waals surface area contributed by atoms with Gasteiger partial charge in [0.15, 0.2) is 17.3 Å². The van der Waals surface area contributed by atoms with Crippen molar-refractivity contribution in [1.29, 1.82) is 0 Å². The highest BCUT2D eigenvalue weighted by Crippen LogP contribution is 2.44. The fourth-order valence-electron chi connectivity index (χ4n) is 8.59. The minimum atomic E-state index is -0.924. The second-order valence-corrected chi connectivity index (χ2v) is 16.5. The average molecular weight is 693 g/mol. The number of nitrogens with one attached hydrogen (secondary N) is 1. The van der Waals surface area contributed by atoms with Crippen LogP contribution in [0.25, 0.3) is 0 Å². The SMILES string of the molecule is CCCC(CC(=O)[C@@H]1[C@H]2CCC[C@H]2CN1C(=O)[C@@H](NC(=O)[C@H](CC(=O)c1cnccn1)C1CCCCC1)C(C)(C)C)C(=O)C(=O)C[C@@H](C)CC. The second-order valence-electron chi connectivity index (χ2n) is 16.5. The Bertz CT molecular complexity index is 1370. The zero-order valence-electron chi connectivity index (χ0n) is 31.2. The van der Waals surface area contributed by atoms with Crippen molar-refractivity contribution in [2.24, 2.45) is 40.9 Å². The van der Waals surface area contributed by atoms with Gasteiger partial charge in [0.2, 0.25) is 17.6 Å². The number of carbonyl (C=O) groups excluding carboxylic acids is 6. The normalized spacial score (nSPS) is 23.4. The van der Waals surface area contributed by atoms with Crippen LogP contribution in [-0.4, -0.2) is 68.4 Å². The number of rotatable bonds is 17. The molecule has 0 bridgehead atoms. The van der Waals surface area contributed by atoms with Crippen molar-refractivity contribution in [1.82, 2.24) is 20.2 Å². The first-order valence-corrected chi connectivity index (χ1v) is 19.3. The molecule has 3 fully saturated rings. The Hall–Kier alpha value is -3.30. The summed E-state index contributed by atoms with van der Waals surface area (Å²) in [6.45, 7) is 12.0. The number of likely N-dealkylation sites (tertiary alicyclic amines) is 1. The Balaban J connectivity index is 1.57. The predicted molar refractivity (Wildman–Crippen MR) is 191 cm³/mol. The van der Waals surface area contributed by atoms with Crippen molar-refractivity contribution in [3.05, 3.63) is 24.3 Å². The van der Waals surface area contributed by atoms with E-state index in [1.54, 1.807) is 4.90 Å². The van der Waals surface area contributed by atoms with Crippen LogP contribution in [0.15, 0.2) is 18.6 Å². The number of ketones is 4. The van der Waals surface area contributed by atoms with Crippen LogP contribution < -0.4 is 5.32 Å². The summed E-state index contributed by atoms with van der Waals surface area (Å²) in [6, 6.07) is -1.62. The van der Waals surface area contributed by atoms with Crippen LogP contribution in [0.2, 0.25) is 0 Å². The first kappa shape index (κ1) is 39.5. The maximum Gasteiger partial charge on any atom is 0.246 e. The fraction of sp³-hybridized carbons (Fsp3) is 0.750. The van der Waals surface area contributed by atoms with E-state index in [0.717, 1.165) is 57.8 Å². The van der Waals surface area contributed by atoms with E-state index in [2.05, 4.69) is 15.3 Å². The van der Waals surface area contributed by atoms with Gasteiger partial charge in [0.1, 0.15) is 11.7 Å². The van der Waals surface area contributed by atoms with Gasteiger partial charge < -0.3 is 10.2 Å². The molecule has 1 aromatic rings. The summed E-state index contributed by atoms with van der Waals surface area (Å²) in [5.41, 5.74) is -0.469. The van der Waals surface area contributed by atoms with E-state index >= 15 is 0 Å². The number of carbonyl (C=O) groups is 6. The molecule has 0 spiro atoms. The largest absolute Gasteiger partial charge is 0.344 e. The highest BCUT2D eigenvalue weighted by Gasteiger charge is 2.52. The zero-order chi connectivity index (χ0) is 36.6. The molecular formula is C40H60N4O6. The van der Waals surface area contributed by atoms with Crippen molar-refractivity contribution >= 4 is 34.9 Å². The lowest BCUT2D eigenvalue weighted by Crippen LogP contribution is -2.58. The zero-order valence-corrected chi connectivity index (χ0v) is 31.2. The summed E-state index contributed by atoms with van der Waals surface area (Å²) in [7, 11) is 0. The lowest BCUT2D eigenvalue weighted by atomic mass is 9.76. The molecule has 7 atom stereocenters. The molecule has 0 aromatic carbocycles. The van der Waals surface area contributed by atoms with Crippen LogP contribution in [0, 0.1) is 40.9 Å². The van der Waals surface area contributed by atoms with Crippen LogP contribution in [0.3, 0.4) is 0 Å². The Morgan fingerprint density at radius 1 is 0.920 bits per heavy atom. The number of aromatic nitrogens is 2. The molecule has 10 heteroatoms. The van der Waals surface area contributed by atoms with E-state index in [-0.39, 0.29) is 72.0 Å². The Morgan fingerprint density at radius 2 is 1.64 bits per heavy atom. The number of fused-ring (bicyclic) bond motifs is 1. The molecule has 4 rings (SSSR count). The molecule has 1 aliphatic heterocycles. The molecule has 276 valence electrons. The lowest BCUT2D eigenvalue weighted by molar-refractivity contribution is -0.146. The molecule has 0 radical (unpaired) electrons. The van der Waals surface area contributed by atoms with E-state index in [1.807, 2.05) is 41.5 Å². The van der Waals surface area contributed by atoms with Gasteiger partial charge in [0.05, 0.1) is 12.2 Å². The van der Waals surface area contributed by atoms with Gasteiger partial charge in [-0.05, 0) is 61.2 Å². The molecule has 1 aromatic heterocycles. The second kappa shape index (κ2) is 17.8. The fourth-order valence-corrected chi connectivity index (χ4v) is 8.59. The lowest BCUT2D eigenvalue weighted by Gasteiger charge is -2.38. The van der Waals surface area contributed by atoms with E-state index in [4.69, 9.17) is 0 Å². The van der Waals surface area contributed by atoms with Gasteiger partial charge >= 0.3 is 0 Å². The predicted octanol–water partition coefficient (Wildman–Crippen LogP) is 6.35. The molecular weight excluding hydrogens is 632 g/mol. The molecule has 10 nitrogen and oxygen atoms in total. The summed E-state index contributed by atoms with van der Waals surface area (Å²) < 4.78 is 0. The van der Waals surface area contributed by atoms with Gasteiger partial charge in [0.25, 0.3) is 0 Å². The minimum absolute atomic E-state index is 0.00412. The molecule has 2 heterocycles. The molecule has 1 saturated heterocycles. The van der Waals surface area contributed by atoms with Gasteiger partial charge in [-0.3, -0.25) is 33.8 Å². The Kier molecular flexibility index (Phi) is 14.0. The van der Waals surface area contributed by atoms with Crippen LogP contribution in [-0.2, 0) is 24.0 Å². The van der Waals surface area contributed by atoms with Gasteiger partial charge in [-0.15, -0.1) is 0 Å². The molecule has 1 unspecified atom stereocenters. The van der Waals surface area contributed by atoms with E-state index < -0.39 is 40.9 Å². The van der Waals surface area contributed by atoms with Crippen molar-refractivity contribution < 1.29 is 28.8 Å². The van der Waals surface area contributed by atoms with E-state index in [1.165, 1.54) is 18.6 Å². The summed E-state index contributed by atoms with van der Waals surface area (Å²) in [4.78, 5) is 92.6. The van der Waals surface area contributed by atoms with Crippen LogP contribution in [0.1, 0.15) is 142 Å². The quantitative estimate of drug-likeness (QED) is 0.147. The molecule has 1 N–H and O–H groups in total. The first-order chi connectivity index (χ1) is 23.8. The maximum atomic E-state index is 14.7. The van der Waals surface area contributed by atoms with Crippen LogP contribution >= 0.6 is 0 Å². The minimum Gasteiger partial charge on any atom is -0.344 e. The summed E-state index contributed by atoms with van der Waals surface area (Å²) >= 11 is 0. The van der Waals surface area contributed by atoms with Crippen molar-refractivity contribution in [2.75, 3.05) is 6.54 Å². The van der Waals surface area contributed by atoms with Crippen molar-refractivity contribution in [2.45, 2.75) is 144 Å². The number of amides is 2. The number of hydrogen-bond donors (Lipinski definition) is 1. The summed E-state index contributed by atoms with van der Waals surface area (Å²) in [5, 5.41) is 3.10. The van der Waals surface area contributed by atoms with Gasteiger partial charge in [-0.1, -0.05) is 80.1 Å². The third-order valence-corrected chi connectivity index (χ3v) is 11.7. The average Bonchev–Trinajstić information content (AvgIpc) is 3.70. The van der Waals surface area contributed by atoms with Crippen molar-refractivity contribution in [3.8, 4) is 0 Å². The van der Waals surface area contributed by atoms with Crippen LogP contribution in [0.4, 0.5) is 0 Å². The van der Waals surface area contributed by atoms with Crippen LogP contribution in [0.5, 0.6) is 0 Å². The highest BCUT2D eigenvalue weighted by molar-refractivity contribution is 6.38. The number of hydrogen-bond acceptors (Lipinski definition) is 8. The third kappa shape index (κ3) is 9.72.